The molecule has 3 aliphatic heterocycles. The highest BCUT2D eigenvalue weighted by atomic mass is 32.2. The molecule has 3 heterocycles. The number of carboxylic acids is 1. The number of nitrogens with zero attached hydrogens (tertiary/aromatic N) is 2. The van der Waals surface area contributed by atoms with E-state index >= 15 is 0 Å². The zero-order valence-corrected chi connectivity index (χ0v) is 17.4. The summed E-state index contributed by atoms with van der Waals surface area (Å²) in [5.41, 5.74) is 0. The van der Waals surface area contributed by atoms with Gasteiger partial charge in [0.15, 0.2) is 0 Å². The maximum Gasteiger partial charge on any atom is 0.323 e. The summed E-state index contributed by atoms with van der Waals surface area (Å²) in [6.45, 7) is 6.16. The number of nitrogens with one attached hydrogen (secondary N) is 1. The number of rotatable bonds is 4. The molecule has 144 valence electrons. The monoisotopic (exact) mass is 415 g/mol. The highest BCUT2D eigenvalue weighted by Crippen LogP contribution is 2.32. The van der Waals surface area contributed by atoms with Crippen LogP contribution in [0.1, 0.15) is 26.2 Å². The molecule has 0 aromatic carbocycles. The van der Waals surface area contributed by atoms with Crippen LogP contribution in [0, 0.1) is 0 Å². The van der Waals surface area contributed by atoms with Gasteiger partial charge >= 0.3 is 5.97 Å². The van der Waals surface area contributed by atoms with Gasteiger partial charge in [-0.2, -0.15) is 0 Å². The zero-order valence-electron chi connectivity index (χ0n) is 14.9. The first-order valence-corrected chi connectivity index (χ1v) is 11.0. The molecule has 3 saturated heterocycles. The van der Waals surface area contributed by atoms with Crippen molar-refractivity contribution in [2.24, 2.45) is 0 Å². The first-order valence-electron chi connectivity index (χ1n) is 8.78. The van der Waals surface area contributed by atoms with Gasteiger partial charge in [-0.25, -0.2) is 0 Å². The summed E-state index contributed by atoms with van der Waals surface area (Å²) in [7, 11) is 0. The van der Waals surface area contributed by atoms with Gasteiger partial charge in [0.2, 0.25) is 0 Å². The number of hydrogen-bond acceptors (Lipinski definition) is 7. The number of piperidine rings is 1. The van der Waals surface area contributed by atoms with E-state index in [0.717, 1.165) is 40.5 Å². The Morgan fingerprint density at radius 3 is 2.58 bits per heavy atom. The van der Waals surface area contributed by atoms with E-state index in [0.29, 0.717) is 9.23 Å². The Kier molecular flexibility index (Phi) is 8.97. The van der Waals surface area contributed by atoms with Crippen molar-refractivity contribution in [3.8, 4) is 0 Å². The Hall–Kier alpha value is -1.03. The van der Waals surface area contributed by atoms with E-state index in [2.05, 4.69) is 17.1 Å². The van der Waals surface area contributed by atoms with Crippen LogP contribution in [0.5, 0.6) is 0 Å². The third kappa shape index (κ3) is 6.29. The number of thiocarbonyl (C=S) groups is 1. The van der Waals surface area contributed by atoms with Crippen LogP contribution in [0.15, 0.2) is 22.1 Å². The van der Waals surface area contributed by atoms with Gasteiger partial charge in [-0.1, -0.05) is 30.4 Å². The van der Waals surface area contributed by atoms with Gasteiger partial charge < -0.3 is 15.3 Å². The molecular weight excluding hydrogens is 390 g/mol. The lowest BCUT2D eigenvalue weighted by Crippen LogP contribution is -2.33. The molecule has 0 atom stereocenters. The number of aliphatic carboxylic acids is 1. The van der Waals surface area contributed by atoms with E-state index < -0.39 is 5.97 Å². The first-order chi connectivity index (χ1) is 12.5. The third-order valence-corrected chi connectivity index (χ3v) is 6.53. The van der Waals surface area contributed by atoms with E-state index in [-0.39, 0.29) is 12.5 Å². The second-order valence-electron chi connectivity index (χ2n) is 5.93. The number of carbonyl (C=O) groups is 2. The van der Waals surface area contributed by atoms with E-state index in [1.165, 1.54) is 32.4 Å². The fraction of sp³-hybridized carbons (Fsp3) is 0.588. The number of thioether (sulfide) groups is 2. The van der Waals surface area contributed by atoms with Crippen LogP contribution in [-0.2, 0) is 9.59 Å². The predicted molar refractivity (Wildman–Crippen MR) is 112 cm³/mol. The molecule has 2 N–H and O–H groups in total. The molecule has 0 saturated carbocycles. The second kappa shape index (κ2) is 11.0. The number of carbonyl (C=O) groups excluding carboxylic acids is 1. The minimum atomic E-state index is -1.07. The van der Waals surface area contributed by atoms with Gasteiger partial charge in [0, 0.05) is 18.8 Å². The molecule has 0 bridgehead atoms. The van der Waals surface area contributed by atoms with Gasteiger partial charge in [0.1, 0.15) is 10.9 Å². The van der Waals surface area contributed by atoms with Crippen molar-refractivity contribution in [1.82, 2.24) is 15.1 Å². The van der Waals surface area contributed by atoms with Crippen molar-refractivity contribution in [2.45, 2.75) is 26.2 Å². The van der Waals surface area contributed by atoms with Crippen molar-refractivity contribution in [3.63, 3.8) is 0 Å². The van der Waals surface area contributed by atoms with Gasteiger partial charge in [-0.15, -0.1) is 11.8 Å². The summed E-state index contributed by atoms with van der Waals surface area (Å²) in [5.74, 6) is -0.345. The van der Waals surface area contributed by atoms with Crippen molar-refractivity contribution in [2.75, 3.05) is 38.5 Å². The number of hydrogen-bond donors (Lipinski definition) is 2. The van der Waals surface area contributed by atoms with Gasteiger partial charge in [0.25, 0.3) is 5.91 Å². The second-order valence-corrected chi connectivity index (χ2v) is 8.72. The standard InChI is InChI=1S/C12H14N2O3S3.C5H11N/c1-2-13-5-6-19-9(13)4-3-8-11(17)14(7-10(15)16)12(18)20-8;1-2-4-6-5-3-1/h3-4H,2,5-7H2,1H3,(H,15,16);6H,1-5H2/b8-3+,9-4+;. The molecule has 0 aromatic heterocycles. The molecular formula is C17H25N3O3S3. The predicted octanol–water partition coefficient (Wildman–Crippen LogP) is 2.49. The molecule has 0 aromatic rings. The SMILES string of the molecule is C1CCNCC1.CCN1CCS/C1=C/C=C1/SC(=S)N(CC(=O)O)C1=O. The molecule has 3 rings (SSSR count). The Morgan fingerprint density at radius 2 is 2.04 bits per heavy atom. The molecule has 26 heavy (non-hydrogen) atoms. The summed E-state index contributed by atoms with van der Waals surface area (Å²) in [4.78, 5) is 26.6. The summed E-state index contributed by atoms with van der Waals surface area (Å²) >= 11 is 7.94. The van der Waals surface area contributed by atoms with Crippen LogP contribution >= 0.6 is 35.7 Å². The molecule has 0 aliphatic carbocycles. The van der Waals surface area contributed by atoms with Crippen LogP contribution < -0.4 is 5.32 Å². The fourth-order valence-corrected chi connectivity index (χ4v) is 4.95. The Balaban J connectivity index is 0.000000342. The molecule has 0 spiro atoms. The average Bonchev–Trinajstić information content (AvgIpc) is 3.21. The Morgan fingerprint density at radius 1 is 1.31 bits per heavy atom. The lowest BCUT2D eigenvalue weighted by atomic mass is 10.2. The van der Waals surface area contributed by atoms with E-state index in [1.807, 2.05) is 6.08 Å². The smallest absolute Gasteiger partial charge is 0.323 e. The zero-order chi connectivity index (χ0) is 18.9. The number of amides is 1. The maximum absolute atomic E-state index is 12.0. The summed E-state index contributed by atoms with van der Waals surface area (Å²) in [6.07, 6.45) is 7.86. The van der Waals surface area contributed by atoms with E-state index in [1.54, 1.807) is 17.8 Å². The average molecular weight is 416 g/mol. The van der Waals surface area contributed by atoms with Crippen LogP contribution in [0.2, 0.25) is 0 Å². The van der Waals surface area contributed by atoms with Crippen molar-refractivity contribution in [3.05, 3.63) is 22.1 Å². The van der Waals surface area contributed by atoms with Crippen molar-refractivity contribution >= 4 is 51.9 Å². The molecule has 3 fully saturated rings. The highest BCUT2D eigenvalue weighted by Gasteiger charge is 2.33. The Bertz CT molecular complexity index is 592. The van der Waals surface area contributed by atoms with Gasteiger partial charge in [-0.3, -0.25) is 14.5 Å². The molecule has 0 radical (unpaired) electrons. The maximum atomic E-state index is 12.0. The third-order valence-electron chi connectivity index (χ3n) is 4.06. The van der Waals surface area contributed by atoms with E-state index in [4.69, 9.17) is 17.3 Å². The summed E-state index contributed by atoms with van der Waals surface area (Å²) in [5, 5.41) is 13.2. The minimum absolute atomic E-state index is 0.300. The Labute approximate surface area is 168 Å². The molecule has 3 aliphatic rings. The minimum Gasteiger partial charge on any atom is -0.480 e. The number of carboxylic acid groups (broad SMARTS) is 1. The van der Waals surface area contributed by atoms with Crippen LogP contribution in [-0.4, -0.2) is 69.6 Å². The molecule has 1 amide bonds. The normalized spacial score (nSPS) is 23.6. The number of allylic oxidation sites excluding steroid dienone is 2. The quantitative estimate of drug-likeness (QED) is 0.536. The lowest BCUT2D eigenvalue weighted by Gasteiger charge is -2.15. The summed E-state index contributed by atoms with van der Waals surface area (Å²) in [6, 6.07) is 0. The highest BCUT2D eigenvalue weighted by molar-refractivity contribution is 8.26. The van der Waals surface area contributed by atoms with Crippen molar-refractivity contribution < 1.29 is 14.7 Å². The molecule has 6 nitrogen and oxygen atoms in total. The topological polar surface area (TPSA) is 72.9 Å². The van der Waals surface area contributed by atoms with Crippen LogP contribution in [0.3, 0.4) is 0 Å². The first kappa shape index (κ1) is 21.3. The summed E-state index contributed by atoms with van der Waals surface area (Å²) < 4.78 is 0.300. The lowest BCUT2D eigenvalue weighted by molar-refractivity contribution is -0.140. The van der Waals surface area contributed by atoms with Crippen molar-refractivity contribution in [1.29, 1.82) is 0 Å². The van der Waals surface area contributed by atoms with Crippen LogP contribution in [0.25, 0.3) is 0 Å². The van der Waals surface area contributed by atoms with Gasteiger partial charge in [-0.05, 0) is 45.0 Å². The molecule has 0 unspecified atom stereocenters. The van der Waals surface area contributed by atoms with Gasteiger partial charge in [0.05, 0.1) is 9.93 Å². The molecule has 9 heteroatoms. The largest absolute Gasteiger partial charge is 0.480 e. The fourth-order valence-electron chi connectivity index (χ4n) is 2.66. The van der Waals surface area contributed by atoms with Crippen LogP contribution in [0.4, 0.5) is 0 Å². The van der Waals surface area contributed by atoms with E-state index in [9.17, 15) is 9.59 Å².